The summed E-state index contributed by atoms with van der Waals surface area (Å²) in [4.78, 5) is 98.4. The molecule has 462 valence electrons. The van der Waals surface area contributed by atoms with E-state index in [0.29, 0.717) is 36.2 Å². The van der Waals surface area contributed by atoms with Crippen molar-refractivity contribution in [1.29, 1.82) is 0 Å². The topological polar surface area (TPSA) is 318 Å². The molecule has 4 heterocycles. The first-order valence-corrected chi connectivity index (χ1v) is 27.4. The van der Waals surface area contributed by atoms with Crippen LogP contribution in [0.1, 0.15) is 11.1 Å². The highest BCUT2D eigenvalue weighted by atomic mass is 16.7. The number of hydrogen-bond donors (Lipinski definition) is 6. The van der Waals surface area contributed by atoms with Gasteiger partial charge in [0.2, 0.25) is 0 Å². The SMILES string of the molecule is CN(CC(O)COc1ccccc1OCc1ccccc1)CC(O)Cn1c(=O)c2c(n(C)c1=O)N(OC(=O)C(O)C(O)C(=O)ON1CN(C)c3c1n(C)c(=O)n(CC(O)CN(C)CC(O)COc1ccccc1OCc1ccccc1)c3=O)CN2C. The van der Waals surface area contributed by atoms with Gasteiger partial charge in [0, 0.05) is 54.4 Å². The molecule has 0 amide bonds. The first kappa shape index (κ1) is 63.3. The number of fused-ring (bicyclic) bond motifs is 2. The zero-order chi connectivity index (χ0) is 61.9. The number of para-hydroxylation sites is 4. The van der Waals surface area contributed by atoms with E-state index in [1.165, 1.54) is 38.0 Å². The van der Waals surface area contributed by atoms with Crippen LogP contribution < -0.4 is 61.4 Å². The van der Waals surface area contributed by atoms with Gasteiger partial charge < -0.3 is 78.9 Å². The third kappa shape index (κ3) is 15.2. The van der Waals surface area contributed by atoms with Gasteiger partial charge >= 0.3 is 23.3 Å². The van der Waals surface area contributed by atoms with Gasteiger partial charge in [-0.3, -0.25) is 27.9 Å². The summed E-state index contributed by atoms with van der Waals surface area (Å²) in [5, 5.41) is 67.2. The van der Waals surface area contributed by atoms with Crippen LogP contribution >= 0.6 is 0 Å². The van der Waals surface area contributed by atoms with Crippen LogP contribution in [-0.2, 0) is 59.7 Å². The van der Waals surface area contributed by atoms with Gasteiger partial charge in [0.25, 0.3) is 11.1 Å². The molecule has 28 heteroatoms. The van der Waals surface area contributed by atoms with Crippen molar-refractivity contribution in [2.75, 3.05) is 101 Å². The molecule has 0 radical (unpaired) electrons. The average Bonchev–Trinajstić information content (AvgIpc) is 1.69. The summed E-state index contributed by atoms with van der Waals surface area (Å²) < 4.78 is 27.1. The lowest BCUT2D eigenvalue weighted by molar-refractivity contribution is -0.174. The molecule has 6 aromatic rings. The number of benzene rings is 4. The quantitative estimate of drug-likeness (QED) is 0.0321. The van der Waals surface area contributed by atoms with Gasteiger partial charge in [-0.05, 0) is 49.5 Å². The first-order valence-electron chi connectivity index (χ1n) is 27.4. The molecule has 86 heavy (non-hydrogen) atoms. The fraction of sp³-hybridized carbons (Fsp3) is 0.414. The fourth-order valence-electron chi connectivity index (χ4n) is 9.88. The Labute approximate surface area is 493 Å². The van der Waals surface area contributed by atoms with Gasteiger partial charge in [0.05, 0.1) is 25.3 Å². The zero-order valence-electron chi connectivity index (χ0n) is 48.4. The minimum Gasteiger partial charge on any atom is -0.487 e. The number of aliphatic hydroxyl groups excluding tert-OH is 6. The van der Waals surface area contributed by atoms with Crippen molar-refractivity contribution >= 4 is 34.9 Å². The third-order valence-electron chi connectivity index (χ3n) is 14.0. The second-order valence-electron chi connectivity index (χ2n) is 21.1. The highest BCUT2D eigenvalue weighted by Gasteiger charge is 2.42. The highest BCUT2D eigenvalue weighted by molar-refractivity contribution is 5.87. The number of carbonyl (C=O) groups excluding carboxylic acids is 2. The normalized spacial score (nSPS) is 15.0. The van der Waals surface area contributed by atoms with E-state index in [2.05, 4.69) is 0 Å². The number of aromatic nitrogens is 4. The molecule has 0 saturated carbocycles. The molecule has 6 unspecified atom stereocenters. The third-order valence-corrected chi connectivity index (χ3v) is 14.0. The molecule has 0 fully saturated rings. The Kier molecular flexibility index (Phi) is 20.9. The minimum atomic E-state index is -2.62. The molecule has 6 atom stereocenters. The lowest BCUT2D eigenvalue weighted by Gasteiger charge is -2.25. The Morgan fingerprint density at radius 1 is 0.465 bits per heavy atom. The van der Waals surface area contributed by atoms with E-state index in [-0.39, 0.29) is 75.7 Å². The molecule has 0 saturated heterocycles. The van der Waals surface area contributed by atoms with E-state index >= 15 is 0 Å². The predicted octanol–water partition coefficient (Wildman–Crippen LogP) is -1.20. The van der Waals surface area contributed by atoms with Gasteiger partial charge in [-0.1, -0.05) is 84.9 Å². The van der Waals surface area contributed by atoms with E-state index in [0.717, 1.165) is 39.5 Å². The summed E-state index contributed by atoms with van der Waals surface area (Å²) in [5.74, 6) is -1.85. The van der Waals surface area contributed by atoms with Gasteiger partial charge in [-0.15, -0.1) is 0 Å². The van der Waals surface area contributed by atoms with Crippen molar-refractivity contribution in [3.63, 3.8) is 0 Å². The second-order valence-corrected chi connectivity index (χ2v) is 21.1. The Morgan fingerprint density at radius 2 is 0.779 bits per heavy atom. The second kappa shape index (κ2) is 28.4. The number of rotatable bonds is 29. The lowest BCUT2D eigenvalue weighted by Crippen LogP contribution is -2.47. The van der Waals surface area contributed by atoms with E-state index in [1.807, 2.05) is 60.7 Å². The van der Waals surface area contributed by atoms with E-state index < -0.39 is 84.1 Å². The molecule has 0 bridgehead atoms. The Balaban J connectivity index is 0.815. The number of ether oxygens (including phenoxy) is 4. The number of anilines is 4. The average molecular weight is 1200 g/mol. The molecule has 2 aromatic heterocycles. The van der Waals surface area contributed by atoms with Gasteiger partial charge in [-0.25, -0.2) is 19.2 Å². The van der Waals surface area contributed by atoms with Crippen molar-refractivity contribution < 1.29 is 68.9 Å². The Hall–Kier alpha value is -8.74. The molecule has 0 aliphatic carbocycles. The molecular formula is C58H72N10O18. The number of hydrogen-bond acceptors (Lipinski definition) is 24. The minimum absolute atomic E-state index is 0.0416. The van der Waals surface area contributed by atoms with E-state index in [1.54, 1.807) is 72.4 Å². The van der Waals surface area contributed by atoms with Crippen LogP contribution in [0.25, 0.3) is 0 Å². The summed E-state index contributed by atoms with van der Waals surface area (Å²) in [7, 11) is 8.67. The van der Waals surface area contributed by atoms with Gasteiger partial charge in [-0.2, -0.15) is 10.1 Å². The van der Waals surface area contributed by atoms with Crippen LogP contribution in [0.5, 0.6) is 23.0 Å². The molecular weight excluding hydrogens is 1120 g/mol. The van der Waals surface area contributed by atoms with Crippen molar-refractivity contribution in [2.45, 2.75) is 62.9 Å². The summed E-state index contributed by atoms with van der Waals surface area (Å²) in [6.07, 6.45) is -9.85. The van der Waals surface area contributed by atoms with Gasteiger partial charge in [0.1, 0.15) is 63.3 Å². The zero-order valence-corrected chi connectivity index (χ0v) is 48.4. The number of nitrogens with zero attached hydrogens (tertiary/aromatic N) is 10. The standard InChI is InChI=1S/C58H72N10O18/c1-59(27-41(71)33-83-45-23-15-13-21-43(45)81-31-37-17-9-7-10-18-37)25-39(69)29-65-53(75)47-51(63(5)57(65)79)67(35-61(47)3)85-55(77)49(73)50(74)56(78)86-68-36-62(4)48-52(68)64(6)58(80)66(54(48)76)30-40(70)26-60(2)28-42(72)34-84-46-24-16-14-22-44(46)82-32-38-19-11-8-12-20-38/h7-24,39-42,49-50,69-74H,25-36H2,1-6H3. The summed E-state index contributed by atoms with van der Waals surface area (Å²) in [5.41, 5.74) is -1.92. The fourth-order valence-corrected chi connectivity index (χ4v) is 9.88. The predicted molar refractivity (Wildman–Crippen MR) is 312 cm³/mol. The molecule has 0 spiro atoms. The molecule has 8 rings (SSSR count). The van der Waals surface area contributed by atoms with E-state index in [4.69, 9.17) is 28.6 Å². The Bertz CT molecular complexity index is 3320. The van der Waals surface area contributed by atoms with Crippen molar-refractivity contribution in [3.8, 4) is 23.0 Å². The van der Waals surface area contributed by atoms with E-state index in [9.17, 15) is 59.4 Å². The van der Waals surface area contributed by atoms with Gasteiger partial charge in [0.15, 0.2) is 46.8 Å². The van der Waals surface area contributed by atoms with Crippen molar-refractivity contribution in [1.82, 2.24) is 28.1 Å². The van der Waals surface area contributed by atoms with Crippen molar-refractivity contribution in [2.24, 2.45) is 14.1 Å². The number of carbonyl (C=O) groups is 2. The maximum atomic E-state index is 13.9. The largest absolute Gasteiger partial charge is 0.487 e. The number of aliphatic hydroxyl groups is 6. The maximum Gasteiger partial charge on any atom is 0.364 e. The number of likely N-dealkylation sites (N-methyl/N-ethyl adjacent to an activating group) is 2. The van der Waals surface area contributed by atoms with Crippen molar-refractivity contribution in [3.05, 3.63) is 162 Å². The molecule has 4 aromatic carbocycles. The monoisotopic (exact) mass is 1200 g/mol. The first-order chi connectivity index (χ1) is 41.1. The molecule has 6 N–H and O–H groups in total. The summed E-state index contributed by atoms with van der Waals surface area (Å²) in [6, 6.07) is 33.2. The van der Waals surface area contributed by atoms with Crippen LogP contribution in [0.2, 0.25) is 0 Å². The number of hydroxylamine groups is 2. The van der Waals surface area contributed by atoms with Crippen LogP contribution in [0.4, 0.5) is 23.0 Å². The van der Waals surface area contributed by atoms with Crippen LogP contribution in [0, 0.1) is 0 Å². The Morgan fingerprint density at radius 3 is 1.13 bits per heavy atom. The van der Waals surface area contributed by atoms with Crippen LogP contribution in [0.3, 0.4) is 0 Å². The molecule has 2 aliphatic heterocycles. The summed E-state index contributed by atoms with van der Waals surface area (Å²) in [6.45, 7) is -1.37. The molecule has 2 aliphatic rings. The highest BCUT2D eigenvalue weighted by Crippen LogP contribution is 2.33. The summed E-state index contributed by atoms with van der Waals surface area (Å²) >= 11 is 0. The van der Waals surface area contributed by atoms with Crippen LogP contribution in [-0.4, -0.2) is 188 Å². The smallest absolute Gasteiger partial charge is 0.364 e. The maximum absolute atomic E-state index is 13.9. The van der Waals surface area contributed by atoms with Crippen LogP contribution in [0.15, 0.2) is 128 Å². The molecule has 28 nitrogen and oxygen atoms in total. The lowest BCUT2D eigenvalue weighted by atomic mass is 10.2.